The molecule has 0 saturated carbocycles. The number of unbranched alkanes of at least 4 members (excludes halogenated alkanes) is 44. The Morgan fingerprint density at radius 3 is 0.792 bits per heavy atom. The fraction of sp³-hybridized carbons (Fsp3) is 0.955. The van der Waals surface area contributed by atoms with E-state index < -0.39 is 6.10 Å². The topological polar surface area (TPSA) is 78.9 Å². The van der Waals surface area contributed by atoms with E-state index in [0.29, 0.717) is 19.3 Å². The molecular weight excluding hydrogens is 889 g/mol. The predicted molar refractivity (Wildman–Crippen MR) is 312 cm³/mol. The second-order valence-electron chi connectivity index (χ2n) is 23.5. The van der Waals surface area contributed by atoms with Crippen molar-refractivity contribution in [3.05, 3.63) is 0 Å². The third-order valence-electron chi connectivity index (χ3n) is 15.6. The van der Waals surface area contributed by atoms with Gasteiger partial charge in [-0.3, -0.25) is 14.4 Å². The zero-order valence-electron chi connectivity index (χ0n) is 49.6. The first-order valence-corrected chi connectivity index (χ1v) is 32.8. The highest BCUT2D eigenvalue weighted by Crippen LogP contribution is 2.19. The Kier molecular flexibility index (Phi) is 57.4. The summed E-state index contributed by atoms with van der Waals surface area (Å²) in [6.45, 7) is 11.5. The van der Waals surface area contributed by atoms with Crippen LogP contribution in [0.15, 0.2) is 0 Å². The Balaban J connectivity index is 4.27. The zero-order chi connectivity index (χ0) is 52.5. The third-order valence-corrected chi connectivity index (χ3v) is 15.6. The number of carbonyl (C=O) groups excluding carboxylic acids is 3. The van der Waals surface area contributed by atoms with E-state index in [9.17, 15) is 14.4 Å². The van der Waals surface area contributed by atoms with Crippen molar-refractivity contribution in [2.75, 3.05) is 13.2 Å². The molecule has 0 aromatic carbocycles. The van der Waals surface area contributed by atoms with Gasteiger partial charge in [-0.1, -0.05) is 336 Å². The Hall–Kier alpha value is -1.59. The smallest absolute Gasteiger partial charge is 0.306 e. The van der Waals surface area contributed by atoms with Crippen molar-refractivity contribution in [2.24, 2.45) is 11.8 Å². The number of esters is 3. The van der Waals surface area contributed by atoms with Gasteiger partial charge in [0.05, 0.1) is 0 Å². The summed E-state index contributed by atoms with van der Waals surface area (Å²) in [6.07, 6.45) is 65.3. The Bertz CT molecular complexity index is 1110. The number of carbonyl (C=O) groups is 3. The molecule has 0 spiro atoms. The van der Waals surface area contributed by atoms with Gasteiger partial charge in [-0.15, -0.1) is 0 Å². The fourth-order valence-corrected chi connectivity index (χ4v) is 10.3. The lowest BCUT2D eigenvalue weighted by Gasteiger charge is -2.18. The van der Waals surface area contributed by atoms with Gasteiger partial charge in [0.1, 0.15) is 13.2 Å². The van der Waals surface area contributed by atoms with Crippen molar-refractivity contribution >= 4 is 17.9 Å². The average Bonchev–Trinajstić information content (AvgIpc) is 3.37. The maximum Gasteiger partial charge on any atom is 0.306 e. The van der Waals surface area contributed by atoms with Crippen molar-refractivity contribution in [2.45, 2.75) is 381 Å². The Morgan fingerprint density at radius 2 is 0.528 bits per heavy atom. The summed E-state index contributed by atoms with van der Waals surface area (Å²) in [5, 5.41) is 0. The van der Waals surface area contributed by atoms with Gasteiger partial charge in [-0.05, 0) is 31.1 Å². The van der Waals surface area contributed by atoms with Crippen LogP contribution < -0.4 is 0 Å². The van der Waals surface area contributed by atoms with E-state index >= 15 is 0 Å². The molecule has 0 heterocycles. The highest BCUT2D eigenvalue weighted by atomic mass is 16.6. The molecule has 0 N–H and O–H groups in total. The molecular formula is C66H128O6. The molecule has 0 aromatic rings. The molecule has 6 heteroatoms. The first-order valence-electron chi connectivity index (χ1n) is 32.8. The van der Waals surface area contributed by atoms with Crippen molar-refractivity contribution < 1.29 is 28.6 Å². The quantitative estimate of drug-likeness (QED) is 0.0343. The van der Waals surface area contributed by atoms with E-state index in [0.717, 1.165) is 69.6 Å². The third kappa shape index (κ3) is 57.7. The fourth-order valence-electron chi connectivity index (χ4n) is 10.3. The lowest BCUT2D eigenvalue weighted by atomic mass is 9.99. The maximum absolute atomic E-state index is 12.9. The van der Waals surface area contributed by atoms with Crippen LogP contribution in [0.3, 0.4) is 0 Å². The standard InChI is InChI=1S/C66H128O6/c1-6-8-9-10-11-12-13-14-15-21-26-31-36-41-46-51-56-64(67)70-59-63(60-71-65(68)57-52-47-42-37-32-28-23-24-29-34-39-44-49-54-61(3)4)72-66(69)58-53-48-43-38-33-27-22-19-17-16-18-20-25-30-35-40-45-50-55-62(5)7-2/h61-63H,6-60H2,1-5H3/t62?,63-/m0/s1. The van der Waals surface area contributed by atoms with Gasteiger partial charge in [0.2, 0.25) is 0 Å². The molecule has 0 amide bonds. The van der Waals surface area contributed by atoms with Crippen LogP contribution in [0.25, 0.3) is 0 Å². The normalized spacial score (nSPS) is 12.4. The molecule has 0 saturated heterocycles. The minimum absolute atomic E-state index is 0.0617. The van der Waals surface area contributed by atoms with E-state index in [1.807, 2.05) is 0 Å². The Labute approximate surface area is 450 Å². The molecule has 0 aromatic heterocycles. The van der Waals surface area contributed by atoms with E-state index in [-0.39, 0.29) is 31.1 Å². The van der Waals surface area contributed by atoms with Crippen LogP contribution >= 0.6 is 0 Å². The summed E-state index contributed by atoms with van der Waals surface area (Å²) in [4.78, 5) is 38.3. The molecule has 0 aliphatic rings. The maximum atomic E-state index is 12.9. The molecule has 0 bridgehead atoms. The number of rotatable bonds is 60. The summed E-state index contributed by atoms with van der Waals surface area (Å²) in [7, 11) is 0. The van der Waals surface area contributed by atoms with Gasteiger partial charge < -0.3 is 14.2 Å². The van der Waals surface area contributed by atoms with Crippen LogP contribution in [0.5, 0.6) is 0 Å². The van der Waals surface area contributed by atoms with Crippen LogP contribution in [0.2, 0.25) is 0 Å². The van der Waals surface area contributed by atoms with Crippen molar-refractivity contribution in [1.29, 1.82) is 0 Å². The summed E-state index contributed by atoms with van der Waals surface area (Å²) < 4.78 is 17.0. The summed E-state index contributed by atoms with van der Waals surface area (Å²) in [5.74, 6) is 0.919. The van der Waals surface area contributed by atoms with Gasteiger partial charge in [0, 0.05) is 19.3 Å². The minimum atomic E-state index is -0.764. The molecule has 6 nitrogen and oxygen atoms in total. The van der Waals surface area contributed by atoms with E-state index in [1.54, 1.807) is 0 Å². The molecule has 1 unspecified atom stereocenters. The zero-order valence-corrected chi connectivity index (χ0v) is 49.6. The molecule has 0 aliphatic heterocycles. The monoisotopic (exact) mass is 1020 g/mol. The molecule has 0 radical (unpaired) electrons. The van der Waals surface area contributed by atoms with Crippen molar-refractivity contribution in [3.63, 3.8) is 0 Å². The van der Waals surface area contributed by atoms with Crippen LogP contribution in [0.1, 0.15) is 375 Å². The number of ether oxygens (including phenoxy) is 3. The van der Waals surface area contributed by atoms with E-state index in [1.165, 1.54) is 263 Å². The molecule has 0 rings (SSSR count). The summed E-state index contributed by atoms with van der Waals surface area (Å²) in [5.41, 5.74) is 0. The second-order valence-corrected chi connectivity index (χ2v) is 23.5. The summed E-state index contributed by atoms with van der Waals surface area (Å²) in [6, 6.07) is 0. The van der Waals surface area contributed by atoms with Crippen LogP contribution in [-0.4, -0.2) is 37.2 Å². The van der Waals surface area contributed by atoms with Gasteiger partial charge in [-0.2, -0.15) is 0 Å². The van der Waals surface area contributed by atoms with Crippen molar-refractivity contribution in [3.8, 4) is 0 Å². The van der Waals surface area contributed by atoms with Crippen LogP contribution in [-0.2, 0) is 28.6 Å². The van der Waals surface area contributed by atoms with Crippen LogP contribution in [0, 0.1) is 11.8 Å². The van der Waals surface area contributed by atoms with Gasteiger partial charge >= 0.3 is 17.9 Å². The molecule has 0 aliphatic carbocycles. The van der Waals surface area contributed by atoms with Gasteiger partial charge in [0.15, 0.2) is 6.10 Å². The second kappa shape index (κ2) is 58.7. The van der Waals surface area contributed by atoms with Crippen LogP contribution in [0.4, 0.5) is 0 Å². The largest absolute Gasteiger partial charge is 0.462 e. The van der Waals surface area contributed by atoms with Crippen molar-refractivity contribution in [1.82, 2.24) is 0 Å². The highest BCUT2D eigenvalue weighted by Gasteiger charge is 2.19. The lowest BCUT2D eigenvalue weighted by Crippen LogP contribution is -2.30. The van der Waals surface area contributed by atoms with Gasteiger partial charge in [-0.25, -0.2) is 0 Å². The Morgan fingerprint density at radius 1 is 0.292 bits per heavy atom. The summed E-state index contributed by atoms with van der Waals surface area (Å²) >= 11 is 0. The average molecular weight is 1020 g/mol. The van der Waals surface area contributed by atoms with Gasteiger partial charge in [0.25, 0.3) is 0 Å². The first-order chi connectivity index (χ1) is 35.3. The molecule has 428 valence electrons. The lowest BCUT2D eigenvalue weighted by molar-refractivity contribution is -0.167. The first kappa shape index (κ1) is 70.4. The minimum Gasteiger partial charge on any atom is -0.462 e. The molecule has 0 fully saturated rings. The molecule has 72 heavy (non-hydrogen) atoms. The number of hydrogen-bond donors (Lipinski definition) is 0. The highest BCUT2D eigenvalue weighted by molar-refractivity contribution is 5.71. The van der Waals surface area contributed by atoms with E-state index in [4.69, 9.17) is 14.2 Å². The molecule has 2 atom stereocenters. The SMILES string of the molecule is CCCCCCCCCCCCCCCCCCC(=O)OC[C@@H](COC(=O)CCCCCCCCCCCCCCCC(C)C)OC(=O)CCCCCCCCCCCCCCCCCCCCC(C)CC. The van der Waals surface area contributed by atoms with E-state index in [2.05, 4.69) is 34.6 Å². The predicted octanol–water partition coefficient (Wildman–Crippen LogP) is 22.0. The number of hydrogen-bond acceptors (Lipinski definition) is 6.